The molecule has 2 N–H and O–H groups in total. The lowest BCUT2D eigenvalue weighted by Gasteiger charge is -2.11. The van der Waals surface area contributed by atoms with Crippen molar-refractivity contribution in [1.82, 2.24) is 19.9 Å². The van der Waals surface area contributed by atoms with Gasteiger partial charge in [0.1, 0.15) is 23.9 Å². The summed E-state index contributed by atoms with van der Waals surface area (Å²) < 4.78 is 20.0. The summed E-state index contributed by atoms with van der Waals surface area (Å²) in [7, 11) is 1.62. The van der Waals surface area contributed by atoms with Crippen molar-refractivity contribution in [3.05, 3.63) is 70.2 Å². The Kier molecular flexibility index (Phi) is 5.22. The number of carbonyl (C=O) groups is 1. The average molecular weight is 408 g/mol. The van der Waals surface area contributed by atoms with Gasteiger partial charge in [-0.1, -0.05) is 0 Å². The van der Waals surface area contributed by atoms with E-state index in [1.54, 1.807) is 14.0 Å². The molecule has 0 fully saturated rings. The van der Waals surface area contributed by atoms with Gasteiger partial charge in [-0.05, 0) is 55.3 Å². The van der Waals surface area contributed by atoms with Crippen LogP contribution in [0.2, 0.25) is 0 Å². The number of carbonyl (C=O) groups excluding carboxylic acids is 1. The van der Waals surface area contributed by atoms with Crippen LogP contribution in [0.1, 0.15) is 11.4 Å². The van der Waals surface area contributed by atoms with E-state index < -0.39 is 11.4 Å². The third-order valence-corrected chi connectivity index (χ3v) is 5.10. The van der Waals surface area contributed by atoms with Crippen LogP contribution in [0.5, 0.6) is 5.75 Å². The molecule has 0 aliphatic rings. The van der Waals surface area contributed by atoms with Crippen LogP contribution in [0.25, 0.3) is 21.8 Å². The molecule has 0 aliphatic carbocycles. The summed E-state index contributed by atoms with van der Waals surface area (Å²) in [5.41, 5.74) is 2.02. The zero-order valence-electron chi connectivity index (χ0n) is 16.7. The van der Waals surface area contributed by atoms with Crippen molar-refractivity contribution in [1.29, 1.82) is 0 Å². The second kappa shape index (κ2) is 7.98. The maximum atomic E-state index is 13.5. The predicted molar refractivity (Wildman–Crippen MR) is 112 cm³/mol. The fourth-order valence-electron chi connectivity index (χ4n) is 3.52. The number of methoxy groups -OCH3 is 1. The summed E-state index contributed by atoms with van der Waals surface area (Å²) in [6.07, 6.45) is 2.53. The Labute approximate surface area is 171 Å². The Morgan fingerprint density at radius 3 is 2.87 bits per heavy atom. The monoisotopic (exact) mass is 408 g/mol. The Balaban J connectivity index is 1.45. The van der Waals surface area contributed by atoms with Gasteiger partial charge in [0.2, 0.25) is 5.91 Å². The number of hydrogen-bond acceptors (Lipinski definition) is 4. The predicted octanol–water partition coefficient (Wildman–Crippen LogP) is 2.69. The van der Waals surface area contributed by atoms with E-state index in [0.717, 1.165) is 28.3 Å². The third-order valence-electron chi connectivity index (χ3n) is 5.10. The molecule has 0 atom stereocenters. The molecule has 30 heavy (non-hydrogen) atoms. The fraction of sp³-hybridized carbons (Fsp3) is 0.227. The number of H-pyrrole nitrogens is 1. The molecule has 0 spiro atoms. The molecule has 7 nitrogen and oxygen atoms in total. The van der Waals surface area contributed by atoms with Gasteiger partial charge in [0, 0.05) is 23.6 Å². The van der Waals surface area contributed by atoms with Gasteiger partial charge >= 0.3 is 0 Å². The van der Waals surface area contributed by atoms with Crippen molar-refractivity contribution >= 4 is 27.7 Å². The molecule has 0 bridgehead atoms. The molecule has 2 aromatic carbocycles. The van der Waals surface area contributed by atoms with Crippen molar-refractivity contribution in [3.8, 4) is 5.75 Å². The number of hydrogen-bond donors (Lipinski definition) is 2. The Hall–Kier alpha value is -3.68. The number of rotatable bonds is 6. The molecule has 154 valence electrons. The van der Waals surface area contributed by atoms with E-state index in [9.17, 15) is 14.0 Å². The molecule has 2 aromatic heterocycles. The standard InChI is InChI=1S/C22H21FN4O3/c1-13-26-20-5-3-15(23)9-18(20)22(29)27(13)12-21(28)24-8-7-14-11-25-19-6-4-16(30-2)10-17(14)19/h3-6,9-11,25H,7-8,12H2,1-2H3,(H,24,28). The Morgan fingerprint density at radius 2 is 2.07 bits per heavy atom. The van der Waals surface area contributed by atoms with Gasteiger partial charge in [0.05, 0.1) is 18.0 Å². The van der Waals surface area contributed by atoms with E-state index in [1.807, 2.05) is 24.4 Å². The van der Waals surface area contributed by atoms with Crippen LogP contribution in [0.4, 0.5) is 4.39 Å². The molecule has 0 saturated carbocycles. The summed E-state index contributed by atoms with van der Waals surface area (Å²) in [5.74, 6) is 0.340. The number of benzene rings is 2. The van der Waals surface area contributed by atoms with Crippen LogP contribution >= 0.6 is 0 Å². The molecule has 0 radical (unpaired) electrons. The zero-order chi connectivity index (χ0) is 21.3. The van der Waals surface area contributed by atoms with Gasteiger partial charge in [-0.2, -0.15) is 0 Å². The van der Waals surface area contributed by atoms with Crippen molar-refractivity contribution in [2.45, 2.75) is 19.9 Å². The van der Waals surface area contributed by atoms with Crippen LogP contribution in [0.15, 0.2) is 47.4 Å². The van der Waals surface area contributed by atoms with Crippen molar-refractivity contribution in [2.75, 3.05) is 13.7 Å². The van der Waals surface area contributed by atoms with Crippen LogP contribution in [-0.2, 0) is 17.8 Å². The highest BCUT2D eigenvalue weighted by Crippen LogP contribution is 2.23. The highest BCUT2D eigenvalue weighted by atomic mass is 19.1. The number of aromatic amines is 1. The van der Waals surface area contributed by atoms with Gasteiger partial charge in [0.25, 0.3) is 5.56 Å². The number of nitrogens with zero attached hydrogens (tertiary/aromatic N) is 2. The minimum absolute atomic E-state index is 0.154. The number of fused-ring (bicyclic) bond motifs is 2. The molecule has 4 rings (SSSR count). The Bertz CT molecular complexity index is 1310. The lowest BCUT2D eigenvalue weighted by Crippen LogP contribution is -2.34. The first kappa shape index (κ1) is 19.6. The van der Waals surface area contributed by atoms with Gasteiger partial charge in [-0.3, -0.25) is 14.2 Å². The number of aromatic nitrogens is 3. The van der Waals surface area contributed by atoms with E-state index in [4.69, 9.17) is 4.74 Å². The maximum absolute atomic E-state index is 13.5. The molecule has 4 aromatic rings. The number of halogens is 1. The number of amides is 1. The minimum Gasteiger partial charge on any atom is -0.497 e. The van der Waals surface area contributed by atoms with Gasteiger partial charge < -0.3 is 15.0 Å². The summed E-state index contributed by atoms with van der Waals surface area (Å²) >= 11 is 0. The quantitative estimate of drug-likeness (QED) is 0.513. The van der Waals surface area contributed by atoms with Gasteiger partial charge in [0.15, 0.2) is 0 Å². The second-order valence-electron chi connectivity index (χ2n) is 7.04. The molecule has 1 amide bonds. The summed E-state index contributed by atoms with van der Waals surface area (Å²) in [4.78, 5) is 32.6. The van der Waals surface area contributed by atoms with Crippen LogP contribution in [0, 0.1) is 12.7 Å². The van der Waals surface area contributed by atoms with E-state index in [2.05, 4.69) is 15.3 Å². The maximum Gasteiger partial charge on any atom is 0.261 e. The summed E-state index contributed by atoms with van der Waals surface area (Å²) in [6.45, 7) is 1.88. The number of ether oxygens (including phenoxy) is 1. The smallest absolute Gasteiger partial charge is 0.261 e. The highest BCUT2D eigenvalue weighted by molar-refractivity contribution is 5.85. The molecule has 2 heterocycles. The van der Waals surface area contributed by atoms with E-state index in [0.29, 0.717) is 24.3 Å². The van der Waals surface area contributed by atoms with E-state index in [-0.39, 0.29) is 17.8 Å². The molecule has 8 heteroatoms. The SMILES string of the molecule is COc1ccc2[nH]cc(CCNC(=O)Cn3c(C)nc4ccc(F)cc4c3=O)c2c1. The van der Waals surface area contributed by atoms with Crippen LogP contribution in [0.3, 0.4) is 0 Å². The van der Waals surface area contributed by atoms with Crippen LogP contribution in [-0.4, -0.2) is 34.1 Å². The largest absolute Gasteiger partial charge is 0.497 e. The topological polar surface area (TPSA) is 89.0 Å². The van der Waals surface area contributed by atoms with E-state index >= 15 is 0 Å². The first-order valence-electron chi connectivity index (χ1n) is 9.53. The fourth-order valence-corrected chi connectivity index (χ4v) is 3.52. The molecule has 0 aliphatic heterocycles. The van der Waals surface area contributed by atoms with Crippen molar-refractivity contribution in [3.63, 3.8) is 0 Å². The first-order chi connectivity index (χ1) is 14.5. The van der Waals surface area contributed by atoms with Crippen molar-refractivity contribution < 1.29 is 13.9 Å². The van der Waals surface area contributed by atoms with Gasteiger partial charge in [-0.15, -0.1) is 0 Å². The van der Waals surface area contributed by atoms with Gasteiger partial charge in [-0.25, -0.2) is 9.37 Å². The number of aryl methyl sites for hydroxylation is 1. The Morgan fingerprint density at radius 1 is 1.23 bits per heavy atom. The second-order valence-corrected chi connectivity index (χ2v) is 7.04. The lowest BCUT2D eigenvalue weighted by molar-refractivity contribution is -0.121. The third kappa shape index (κ3) is 3.76. The normalized spacial score (nSPS) is 11.2. The minimum atomic E-state index is -0.517. The molecule has 0 saturated heterocycles. The molecule has 0 unspecified atom stereocenters. The average Bonchev–Trinajstić information content (AvgIpc) is 3.14. The molecular formula is C22H21FN4O3. The van der Waals surface area contributed by atoms with Crippen molar-refractivity contribution in [2.24, 2.45) is 0 Å². The highest BCUT2D eigenvalue weighted by Gasteiger charge is 2.12. The zero-order valence-corrected chi connectivity index (χ0v) is 16.7. The molecular weight excluding hydrogens is 387 g/mol. The van der Waals surface area contributed by atoms with E-state index in [1.165, 1.54) is 16.7 Å². The lowest BCUT2D eigenvalue weighted by atomic mass is 10.1. The van der Waals surface area contributed by atoms with Crippen LogP contribution < -0.4 is 15.6 Å². The first-order valence-corrected chi connectivity index (χ1v) is 9.53. The summed E-state index contributed by atoms with van der Waals surface area (Å²) in [6, 6.07) is 9.63. The summed E-state index contributed by atoms with van der Waals surface area (Å²) in [5, 5.41) is 4.02. The number of nitrogens with one attached hydrogen (secondary N) is 2.